The highest BCUT2D eigenvalue weighted by molar-refractivity contribution is 7.89. The first-order valence-electron chi connectivity index (χ1n) is 8.09. The van der Waals surface area contributed by atoms with E-state index in [9.17, 15) is 8.42 Å². The fraction of sp³-hybridized carbons (Fsp3) is 0.333. The largest absolute Gasteiger partial charge is 0.297 e. The number of aryl methyl sites for hydroxylation is 1. The Hall–Kier alpha value is -1.11. The Morgan fingerprint density at radius 1 is 1.16 bits per heavy atom. The summed E-state index contributed by atoms with van der Waals surface area (Å²) in [4.78, 5) is 2.33. The van der Waals surface area contributed by atoms with E-state index in [-0.39, 0.29) is 16.0 Å². The van der Waals surface area contributed by atoms with Crippen LogP contribution in [-0.4, -0.2) is 32.4 Å². The van der Waals surface area contributed by atoms with Crippen molar-refractivity contribution in [1.82, 2.24) is 9.62 Å². The summed E-state index contributed by atoms with van der Waals surface area (Å²) in [5.74, 6) is 0. The predicted molar refractivity (Wildman–Crippen MR) is 102 cm³/mol. The van der Waals surface area contributed by atoms with Gasteiger partial charge < -0.3 is 0 Å². The maximum Gasteiger partial charge on any atom is 0.242 e. The van der Waals surface area contributed by atoms with Crippen LogP contribution in [0.3, 0.4) is 0 Å². The summed E-state index contributed by atoms with van der Waals surface area (Å²) < 4.78 is 28.1. The first-order chi connectivity index (χ1) is 11.8. The maximum atomic E-state index is 12.7. The number of halogens is 2. The van der Waals surface area contributed by atoms with Crippen LogP contribution in [0.1, 0.15) is 17.5 Å². The normalized spacial score (nSPS) is 18.6. The number of sulfonamides is 1. The number of rotatable bonds is 5. The molecule has 134 valence electrons. The van der Waals surface area contributed by atoms with Crippen LogP contribution >= 0.6 is 23.2 Å². The third-order valence-corrected chi connectivity index (χ3v) is 6.74. The molecule has 1 unspecified atom stereocenters. The molecule has 1 saturated heterocycles. The fourth-order valence-corrected chi connectivity index (χ4v) is 5.13. The van der Waals surface area contributed by atoms with Gasteiger partial charge in [-0.15, -0.1) is 0 Å². The number of likely N-dealkylation sites (tertiary alicyclic amines) is 1. The lowest BCUT2D eigenvalue weighted by atomic mass is 10.2. The van der Waals surface area contributed by atoms with Gasteiger partial charge in [0.05, 0.1) is 5.02 Å². The Balaban J connectivity index is 1.67. The van der Waals surface area contributed by atoms with Gasteiger partial charge in [0.2, 0.25) is 10.0 Å². The zero-order chi connectivity index (χ0) is 18.0. The van der Waals surface area contributed by atoms with Crippen molar-refractivity contribution in [2.45, 2.75) is 30.8 Å². The second kappa shape index (κ2) is 7.64. The summed E-state index contributed by atoms with van der Waals surface area (Å²) in [6.07, 6.45) is 0.774. The van der Waals surface area contributed by atoms with E-state index in [2.05, 4.69) is 21.8 Å². The molecule has 0 spiro atoms. The van der Waals surface area contributed by atoms with Gasteiger partial charge in [-0.1, -0.05) is 53.5 Å². The predicted octanol–water partition coefficient (Wildman–Crippen LogP) is 3.85. The van der Waals surface area contributed by atoms with Gasteiger partial charge in [-0.3, -0.25) is 4.90 Å². The number of nitrogens with one attached hydrogen (secondary N) is 1. The molecule has 0 radical (unpaired) electrons. The Morgan fingerprint density at radius 3 is 2.60 bits per heavy atom. The number of benzene rings is 2. The van der Waals surface area contributed by atoms with Crippen LogP contribution in [0.25, 0.3) is 0 Å². The highest BCUT2D eigenvalue weighted by Gasteiger charge is 2.28. The van der Waals surface area contributed by atoms with Crippen LogP contribution in [0.5, 0.6) is 0 Å². The summed E-state index contributed by atoms with van der Waals surface area (Å²) in [5.41, 5.74) is 1.91. The second-order valence-corrected chi connectivity index (χ2v) is 8.86. The molecule has 1 fully saturated rings. The summed E-state index contributed by atoms with van der Waals surface area (Å²) >= 11 is 12.1. The summed E-state index contributed by atoms with van der Waals surface area (Å²) in [6, 6.07) is 13.0. The second-order valence-electron chi connectivity index (χ2n) is 6.36. The zero-order valence-electron chi connectivity index (χ0n) is 13.9. The summed E-state index contributed by atoms with van der Waals surface area (Å²) in [7, 11) is -3.68. The molecule has 0 saturated carbocycles. The minimum Gasteiger partial charge on any atom is -0.297 e. The minimum absolute atomic E-state index is 0.0811. The molecular formula is C18H20Cl2N2O2S. The van der Waals surface area contributed by atoms with Gasteiger partial charge in [0.15, 0.2) is 0 Å². The summed E-state index contributed by atoms with van der Waals surface area (Å²) in [5, 5.41) is 0.598. The van der Waals surface area contributed by atoms with Crippen LogP contribution < -0.4 is 4.72 Å². The molecular weight excluding hydrogens is 379 g/mol. The van der Waals surface area contributed by atoms with Crippen molar-refractivity contribution in [3.63, 3.8) is 0 Å². The lowest BCUT2D eigenvalue weighted by Gasteiger charge is -2.17. The maximum absolute atomic E-state index is 12.7. The van der Waals surface area contributed by atoms with E-state index in [1.807, 2.05) is 18.2 Å². The van der Waals surface area contributed by atoms with Crippen LogP contribution in [0.15, 0.2) is 47.4 Å². The first-order valence-corrected chi connectivity index (χ1v) is 10.3. The Kier molecular flexibility index (Phi) is 5.71. The van der Waals surface area contributed by atoms with Gasteiger partial charge in [0.25, 0.3) is 0 Å². The van der Waals surface area contributed by atoms with Crippen molar-refractivity contribution < 1.29 is 8.42 Å². The minimum atomic E-state index is -3.68. The third-order valence-electron chi connectivity index (χ3n) is 4.35. The molecule has 0 aromatic heterocycles. The van der Waals surface area contributed by atoms with Crippen molar-refractivity contribution >= 4 is 33.2 Å². The topological polar surface area (TPSA) is 49.4 Å². The van der Waals surface area contributed by atoms with Gasteiger partial charge in [0.1, 0.15) is 4.90 Å². The lowest BCUT2D eigenvalue weighted by molar-refractivity contribution is 0.324. The molecule has 1 atom stereocenters. The Bertz CT molecular complexity index is 857. The molecule has 0 aliphatic carbocycles. The van der Waals surface area contributed by atoms with Gasteiger partial charge in [-0.2, -0.15) is 0 Å². The SMILES string of the molecule is Cc1cc(S(=O)(=O)NC2CCN(Cc3ccccc3)C2)c(Cl)cc1Cl. The monoisotopic (exact) mass is 398 g/mol. The third kappa shape index (κ3) is 4.54. The molecule has 0 bridgehead atoms. The van der Waals surface area contributed by atoms with Crippen molar-refractivity contribution in [1.29, 1.82) is 0 Å². The Labute approximate surface area is 158 Å². The van der Waals surface area contributed by atoms with E-state index in [0.29, 0.717) is 17.1 Å². The van der Waals surface area contributed by atoms with Crippen LogP contribution in [-0.2, 0) is 16.6 Å². The van der Waals surface area contributed by atoms with E-state index in [0.717, 1.165) is 19.5 Å². The molecule has 0 amide bonds. The first kappa shape index (κ1) is 18.7. The van der Waals surface area contributed by atoms with E-state index >= 15 is 0 Å². The van der Waals surface area contributed by atoms with Crippen molar-refractivity contribution in [2.75, 3.05) is 13.1 Å². The fourth-order valence-electron chi connectivity index (χ4n) is 3.03. The summed E-state index contributed by atoms with van der Waals surface area (Å²) in [6.45, 7) is 4.11. The van der Waals surface area contributed by atoms with Crippen molar-refractivity contribution in [3.05, 3.63) is 63.6 Å². The quantitative estimate of drug-likeness (QED) is 0.831. The standard InChI is InChI=1S/C18H20Cl2N2O2S/c1-13-9-18(17(20)10-16(13)19)25(23,24)21-15-7-8-22(12-15)11-14-5-3-2-4-6-14/h2-6,9-10,15,21H,7-8,11-12H2,1H3. The lowest BCUT2D eigenvalue weighted by Crippen LogP contribution is -2.37. The van der Waals surface area contributed by atoms with E-state index in [1.165, 1.54) is 17.7 Å². The molecule has 3 rings (SSSR count). The average molecular weight is 399 g/mol. The van der Waals surface area contributed by atoms with Gasteiger partial charge in [-0.25, -0.2) is 13.1 Å². The van der Waals surface area contributed by atoms with Gasteiger partial charge in [0, 0.05) is 30.7 Å². The molecule has 2 aromatic carbocycles. The highest BCUT2D eigenvalue weighted by atomic mass is 35.5. The van der Waals surface area contributed by atoms with Crippen LogP contribution in [0.2, 0.25) is 10.0 Å². The van der Waals surface area contributed by atoms with Gasteiger partial charge in [-0.05, 0) is 36.6 Å². The Morgan fingerprint density at radius 2 is 1.88 bits per heavy atom. The number of hydrogen-bond acceptors (Lipinski definition) is 3. The van der Waals surface area contributed by atoms with E-state index in [1.54, 1.807) is 6.92 Å². The number of hydrogen-bond donors (Lipinski definition) is 1. The molecule has 1 heterocycles. The molecule has 1 aliphatic heterocycles. The molecule has 1 aliphatic rings. The van der Waals surface area contributed by atoms with E-state index in [4.69, 9.17) is 23.2 Å². The van der Waals surface area contributed by atoms with Crippen molar-refractivity contribution in [2.24, 2.45) is 0 Å². The van der Waals surface area contributed by atoms with Crippen LogP contribution in [0, 0.1) is 6.92 Å². The van der Waals surface area contributed by atoms with E-state index < -0.39 is 10.0 Å². The average Bonchev–Trinajstić information content (AvgIpc) is 2.98. The van der Waals surface area contributed by atoms with Gasteiger partial charge >= 0.3 is 0 Å². The molecule has 1 N–H and O–H groups in total. The smallest absolute Gasteiger partial charge is 0.242 e. The number of nitrogens with zero attached hydrogens (tertiary/aromatic N) is 1. The zero-order valence-corrected chi connectivity index (χ0v) is 16.2. The van der Waals surface area contributed by atoms with Crippen LogP contribution in [0.4, 0.5) is 0 Å². The molecule has 2 aromatic rings. The molecule has 4 nitrogen and oxygen atoms in total. The molecule has 25 heavy (non-hydrogen) atoms. The molecule has 7 heteroatoms. The van der Waals surface area contributed by atoms with Crippen molar-refractivity contribution in [3.8, 4) is 0 Å². The highest BCUT2D eigenvalue weighted by Crippen LogP contribution is 2.28.